The van der Waals surface area contributed by atoms with E-state index in [4.69, 9.17) is 27.9 Å². The molecule has 4 rings (SSSR count). The van der Waals surface area contributed by atoms with E-state index >= 15 is 0 Å². The second-order valence-corrected chi connectivity index (χ2v) is 8.58. The van der Waals surface area contributed by atoms with Gasteiger partial charge in [0.05, 0.1) is 29.5 Å². The van der Waals surface area contributed by atoms with Crippen molar-refractivity contribution < 1.29 is 22.7 Å². The number of rotatable bonds is 3. The van der Waals surface area contributed by atoms with Crippen LogP contribution < -0.4 is 5.32 Å². The highest BCUT2D eigenvalue weighted by atomic mass is 35.5. The Balaban J connectivity index is 1.63. The number of hydrazone groups is 1. The number of fused-ring (bicyclic) bond motifs is 1. The molecular weight excluding hydrogens is 468 g/mol. The highest BCUT2D eigenvalue weighted by Gasteiger charge is 2.41. The molecule has 1 aromatic rings. The van der Waals surface area contributed by atoms with Gasteiger partial charge in [-0.25, -0.2) is 5.01 Å². The summed E-state index contributed by atoms with van der Waals surface area (Å²) in [5.41, 5.74) is 1.54. The molecular formula is C21H21Cl2F3N4O2. The van der Waals surface area contributed by atoms with Crippen LogP contribution in [0, 0.1) is 0 Å². The zero-order valence-electron chi connectivity index (χ0n) is 17.4. The van der Waals surface area contributed by atoms with Crippen LogP contribution in [0.2, 0.25) is 10.0 Å². The van der Waals surface area contributed by atoms with Crippen molar-refractivity contribution in [3.05, 3.63) is 56.3 Å². The predicted octanol–water partition coefficient (Wildman–Crippen LogP) is 4.35. The Hall–Kier alpha value is -2.23. The van der Waals surface area contributed by atoms with Gasteiger partial charge in [-0.15, -0.1) is 0 Å². The van der Waals surface area contributed by atoms with Crippen molar-refractivity contribution in [3.63, 3.8) is 0 Å². The SMILES string of the molecule is CC1=CC(C(F)(F)F)=NN2C(C)=C(Cc3c(Cl)ccc(C(=O)N4CCOCC4)c3Cl)NC12. The fraction of sp³-hybridized carbons (Fsp3) is 0.429. The fourth-order valence-corrected chi connectivity index (χ4v) is 4.48. The van der Waals surface area contributed by atoms with Gasteiger partial charge in [0.2, 0.25) is 0 Å². The molecule has 0 aromatic heterocycles. The van der Waals surface area contributed by atoms with Gasteiger partial charge >= 0.3 is 6.18 Å². The first kappa shape index (κ1) is 22.9. The second kappa shape index (κ2) is 8.61. The summed E-state index contributed by atoms with van der Waals surface area (Å²) in [7, 11) is 0. The molecule has 0 radical (unpaired) electrons. The summed E-state index contributed by atoms with van der Waals surface area (Å²) in [5, 5.41) is 8.91. The van der Waals surface area contributed by atoms with E-state index in [1.165, 1.54) is 5.01 Å². The molecule has 172 valence electrons. The minimum atomic E-state index is -4.55. The quantitative estimate of drug-likeness (QED) is 0.686. The third-order valence-electron chi connectivity index (χ3n) is 5.71. The number of nitrogens with one attached hydrogen (secondary N) is 1. The molecule has 3 aliphatic heterocycles. The Bertz CT molecular complexity index is 1050. The summed E-state index contributed by atoms with van der Waals surface area (Å²) < 4.78 is 44.9. The summed E-state index contributed by atoms with van der Waals surface area (Å²) in [4.78, 5) is 14.6. The topological polar surface area (TPSA) is 57.2 Å². The Morgan fingerprint density at radius 3 is 2.59 bits per heavy atom. The molecule has 0 spiro atoms. The van der Waals surface area contributed by atoms with E-state index in [2.05, 4.69) is 10.4 Å². The van der Waals surface area contributed by atoms with Gasteiger partial charge in [-0.3, -0.25) is 4.79 Å². The molecule has 1 fully saturated rings. The molecule has 1 unspecified atom stereocenters. The lowest BCUT2D eigenvalue weighted by Gasteiger charge is -2.29. The van der Waals surface area contributed by atoms with Crippen molar-refractivity contribution in [2.45, 2.75) is 32.6 Å². The maximum absolute atomic E-state index is 13.2. The number of benzene rings is 1. The highest BCUT2D eigenvalue weighted by molar-refractivity contribution is 6.38. The number of carbonyl (C=O) groups excluding carboxylic acids is 1. The van der Waals surface area contributed by atoms with Crippen LogP contribution >= 0.6 is 23.2 Å². The largest absolute Gasteiger partial charge is 0.435 e. The molecule has 1 N–H and O–H groups in total. The number of nitrogens with zero attached hydrogens (tertiary/aromatic N) is 3. The first-order chi connectivity index (χ1) is 15.1. The Morgan fingerprint density at radius 2 is 1.94 bits per heavy atom. The Labute approximate surface area is 193 Å². The summed E-state index contributed by atoms with van der Waals surface area (Å²) in [6, 6.07) is 3.20. The average molecular weight is 489 g/mol. The lowest BCUT2D eigenvalue weighted by Crippen LogP contribution is -2.41. The molecule has 3 heterocycles. The number of hydrogen-bond acceptors (Lipinski definition) is 5. The normalized spacial score (nSPS) is 21.3. The van der Waals surface area contributed by atoms with Gasteiger partial charge in [-0.2, -0.15) is 18.3 Å². The van der Waals surface area contributed by atoms with Crippen LogP contribution in [0.1, 0.15) is 29.8 Å². The zero-order valence-corrected chi connectivity index (χ0v) is 18.9. The smallest absolute Gasteiger partial charge is 0.378 e. The third-order valence-corrected chi connectivity index (χ3v) is 6.49. The first-order valence-corrected chi connectivity index (χ1v) is 10.8. The maximum Gasteiger partial charge on any atom is 0.435 e. The number of hydrogen-bond donors (Lipinski definition) is 1. The van der Waals surface area contributed by atoms with Crippen LogP contribution in [0.5, 0.6) is 0 Å². The number of morpholine rings is 1. The van der Waals surface area contributed by atoms with E-state index in [9.17, 15) is 18.0 Å². The molecule has 3 aliphatic rings. The Kier molecular flexibility index (Phi) is 6.17. The van der Waals surface area contributed by atoms with E-state index in [1.807, 2.05) is 0 Å². The highest BCUT2D eigenvalue weighted by Crippen LogP contribution is 2.36. The summed E-state index contributed by atoms with van der Waals surface area (Å²) in [5.74, 6) is -0.211. The van der Waals surface area contributed by atoms with Crippen LogP contribution in [0.3, 0.4) is 0 Å². The fourth-order valence-electron chi connectivity index (χ4n) is 3.90. The van der Waals surface area contributed by atoms with Gasteiger partial charge in [0.1, 0.15) is 6.17 Å². The van der Waals surface area contributed by atoms with Gasteiger partial charge in [0.25, 0.3) is 5.91 Å². The third kappa shape index (κ3) is 4.21. The molecule has 0 aliphatic carbocycles. The zero-order chi connectivity index (χ0) is 23.2. The Morgan fingerprint density at radius 1 is 1.25 bits per heavy atom. The molecule has 0 saturated carbocycles. The lowest BCUT2D eigenvalue weighted by molar-refractivity contribution is -0.0595. The van der Waals surface area contributed by atoms with Crippen molar-refractivity contribution in [2.24, 2.45) is 5.10 Å². The van der Waals surface area contributed by atoms with E-state index in [0.717, 1.165) is 6.08 Å². The van der Waals surface area contributed by atoms with Crippen molar-refractivity contribution in [2.75, 3.05) is 26.3 Å². The van der Waals surface area contributed by atoms with Crippen LogP contribution in [0.15, 0.2) is 40.3 Å². The number of halogens is 5. The molecule has 11 heteroatoms. The molecule has 1 atom stereocenters. The van der Waals surface area contributed by atoms with Gasteiger partial charge in [0.15, 0.2) is 5.71 Å². The molecule has 1 saturated heterocycles. The van der Waals surface area contributed by atoms with Crippen molar-refractivity contribution in [1.29, 1.82) is 0 Å². The average Bonchev–Trinajstić information content (AvgIpc) is 3.07. The monoisotopic (exact) mass is 488 g/mol. The van der Waals surface area contributed by atoms with Gasteiger partial charge in [0, 0.05) is 30.2 Å². The van der Waals surface area contributed by atoms with Crippen molar-refractivity contribution in [3.8, 4) is 0 Å². The van der Waals surface area contributed by atoms with E-state index in [1.54, 1.807) is 30.9 Å². The van der Waals surface area contributed by atoms with Crippen LogP contribution in [-0.2, 0) is 11.2 Å². The van der Waals surface area contributed by atoms with Crippen LogP contribution in [0.25, 0.3) is 0 Å². The predicted molar refractivity (Wildman–Crippen MR) is 116 cm³/mol. The number of amides is 1. The van der Waals surface area contributed by atoms with Crippen molar-refractivity contribution >= 4 is 34.8 Å². The minimum Gasteiger partial charge on any atom is -0.378 e. The van der Waals surface area contributed by atoms with Crippen LogP contribution in [-0.4, -0.2) is 60.2 Å². The molecule has 1 amide bonds. The van der Waals surface area contributed by atoms with Crippen molar-refractivity contribution in [1.82, 2.24) is 15.2 Å². The van der Waals surface area contributed by atoms with Crippen LogP contribution in [0.4, 0.5) is 13.2 Å². The number of carbonyl (C=O) groups is 1. The first-order valence-electron chi connectivity index (χ1n) is 10.0. The molecule has 6 nitrogen and oxygen atoms in total. The molecule has 32 heavy (non-hydrogen) atoms. The van der Waals surface area contributed by atoms with Gasteiger partial charge in [-0.1, -0.05) is 23.2 Å². The molecule has 0 bridgehead atoms. The van der Waals surface area contributed by atoms with Gasteiger partial charge in [-0.05, 0) is 43.2 Å². The summed E-state index contributed by atoms with van der Waals surface area (Å²) >= 11 is 13.0. The standard InChI is InChI=1S/C21H21Cl2F3N4O2/c1-11-9-17(21(24,25)26)28-30-12(2)16(27-19(11)30)10-14-15(22)4-3-13(18(14)23)20(31)29-5-7-32-8-6-29/h3-4,9,19,27H,5-8,10H2,1-2H3. The summed E-state index contributed by atoms with van der Waals surface area (Å²) in [6.45, 7) is 5.17. The van der Waals surface area contributed by atoms with E-state index < -0.39 is 18.1 Å². The van der Waals surface area contributed by atoms with Gasteiger partial charge < -0.3 is 15.0 Å². The number of allylic oxidation sites excluding steroid dienone is 3. The second-order valence-electron chi connectivity index (χ2n) is 7.80. The molecule has 1 aromatic carbocycles. The van der Waals surface area contributed by atoms with E-state index in [-0.39, 0.29) is 17.4 Å². The summed E-state index contributed by atoms with van der Waals surface area (Å²) in [6.07, 6.45) is -3.82. The minimum absolute atomic E-state index is 0.211. The number of alkyl halides is 3. The maximum atomic E-state index is 13.2. The van der Waals surface area contributed by atoms with E-state index in [0.29, 0.717) is 59.4 Å². The lowest BCUT2D eigenvalue weighted by atomic mass is 10.0. The number of ether oxygens (including phenoxy) is 1.